The van der Waals surface area contributed by atoms with Crippen LogP contribution in [0.25, 0.3) is 0 Å². The summed E-state index contributed by atoms with van der Waals surface area (Å²) in [6, 6.07) is 0.556. The number of hydrogen-bond acceptors (Lipinski definition) is 24. The lowest BCUT2D eigenvalue weighted by Gasteiger charge is -2.39. The first-order chi connectivity index (χ1) is 61.4. The average Bonchev–Trinajstić information content (AvgIpc) is 1.19. The number of ketones is 2. The number of β-lactam (4-membered cyclic amide) rings is 1. The third kappa shape index (κ3) is 62.8. The summed E-state index contributed by atoms with van der Waals surface area (Å²) in [7, 11) is 1.77. The Bertz CT molecular complexity index is 2820. The predicted molar refractivity (Wildman–Crippen MR) is 507 cm³/mol. The van der Waals surface area contributed by atoms with E-state index in [-0.39, 0.29) is 111 Å². The minimum absolute atomic E-state index is 0. The first kappa shape index (κ1) is 125. The molecule has 3 aliphatic heterocycles. The summed E-state index contributed by atoms with van der Waals surface area (Å²) >= 11 is 5.22. The number of aliphatic hydroxyl groups is 3. The minimum atomic E-state index is -0.857. The van der Waals surface area contributed by atoms with Crippen LogP contribution in [0.4, 0.5) is 9.59 Å². The number of rotatable bonds is 46. The number of carboxylic acid groups (broad SMARTS) is 2. The average molecular weight is 1880 g/mol. The zero-order chi connectivity index (χ0) is 96.6. The van der Waals surface area contributed by atoms with Crippen molar-refractivity contribution >= 4 is 64.3 Å². The number of nitrogens with two attached hydrogens (primary N) is 1. The molecule has 7 aliphatic carbocycles. The fourth-order valence-corrected chi connectivity index (χ4v) is 17.2. The van der Waals surface area contributed by atoms with Gasteiger partial charge in [-0.25, -0.2) is 35.7 Å². The maximum absolute atomic E-state index is 12.0. The van der Waals surface area contributed by atoms with Crippen LogP contribution in [0.1, 0.15) is 369 Å². The molecular weight excluding hydrogens is 1690 g/mol. The van der Waals surface area contributed by atoms with Crippen molar-refractivity contribution in [2.24, 2.45) is 101 Å². The number of ether oxygens (including phenoxy) is 6. The summed E-state index contributed by atoms with van der Waals surface area (Å²) in [5.74, 6) is 9.13. The zero-order valence-electron chi connectivity index (χ0n) is 82.9. The number of carbonyl (C=O) groups excluding carboxylic acids is 7. The van der Waals surface area contributed by atoms with Crippen LogP contribution < -0.4 is 22.2 Å². The highest BCUT2D eigenvalue weighted by molar-refractivity contribution is 6.63. The molecule has 0 aromatic rings. The van der Waals surface area contributed by atoms with Crippen LogP contribution in [0.2, 0.25) is 0 Å². The van der Waals surface area contributed by atoms with Crippen molar-refractivity contribution < 1.29 is 116 Å². The first-order valence-electron chi connectivity index (χ1n) is 49.8. The molecule has 30 nitrogen and oxygen atoms in total. The number of amides is 4. The number of carboxylic acids is 2. The summed E-state index contributed by atoms with van der Waals surface area (Å²) in [5, 5.41) is 48.9. The number of carbonyl (C=O) groups is 9. The van der Waals surface area contributed by atoms with E-state index in [4.69, 9.17) is 71.0 Å². The van der Waals surface area contributed by atoms with Crippen LogP contribution in [0.5, 0.6) is 0 Å². The molecule has 764 valence electrons. The Labute approximate surface area is 789 Å². The summed E-state index contributed by atoms with van der Waals surface area (Å²) < 4.78 is 30.8. The van der Waals surface area contributed by atoms with E-state index in [1.165, 1.54) is 172 Å². The van der Waals surface area contributed by atoms with Crippen molar-refractivity contribution in [1.82, 2.24) is 26.2 Å². The van der Waals surface area contributed by atoms with Gasteiger partial charge in [-0.1, -0.05) is 256 Å². The van der Waals surface area contributed by atoms with Gasteiger partial charge in [0, 0.05) is 32.4 Å². The van der Waals surface area contributed by atoms with E-state index < -0.39 is 24.1 Å². The van der Waals surface area contributed by atoms with E-state index in [0.29, 0.717) is 118 Å². The Morgan fingerprint density at radius 2 is 0.869 bits per heavy atom. The number of nitrogens with one attached hydrogen (secondary N) is 3. The second-order valence-corrected chi connectivity index (χ2v) is 39.6. The Kier molecular flexibility index (Phi) is 73.5. The molecule has 130 heavy (non-hydrogen) atoms. The van der Waals surface area contributed by atoms with Crippen molar-refractivity contribution in [1.29, 1.82) is 0 Å². The molecule has 10 N–H and O–H groups in total. The van der Waals surface area contributed by atoms with E-state index in [1.807, 2.05) is 27.7 Å². The Morgan fingerprint density at radius 1 is 0.492 bits per heavy atom. The molecule has 7 saturated carbocycles. The van der Waals surface area contributed by atoms with Gasteiger partial charge in [-0.3, -0.25) is 38.4 Å². The molecule has 3 heterocycles. The number of Topliss-reactive ketones (excluding diaryl/α,β-unsaturated/α-hetero) is 2. The van der Waals surface area contributed by atoms with Gasteiger partial charge in [-0.2, -0.15) is 5.48 Å². The number of hydrogen-bond donors (Lipinski definition) is 9. The lowest BCUT2D eigenvalue weighted by Crippen LogP contribution is -2.54. The van der Waals surface area contributed by atoms with Crippen molar-refractivity contribution in [3.05, 3.63) is 0 Å². The number of halogens is 1. The molecule has 11 atom stereocenters. The second-order valence-electron chi connectivity index (χ2n) is 39.2. The molecule has 0 radical (unpaired) electrons. The molecule has 3 saturated heterocycles. The Balaban J connectivity index is 0.00000144. The number of cyclic esters (lactones) is 2. The van der Waals surface area contributed by atoms with E-state index in [9.17, 15) is 53.4 Å². The largest absolute Gasteiger partial charge is 0.481 e. The van der Waals surface area contributed by atoms with Gasteiger partial charge >= 0.3 is 24.1 Å². The van der Waals surface area contributed by atoms with Crippen LogP contribution in [-0.4, -0.2) is 205 Å². The predicted octanol–water partition coefficient (Wildman–Crippen LogP) is 19.2. The van der Waals surface area contributed by atoms with Crippen LogP contribution in [-0.2, 0) is 81.3 Å². The number of likely N-dealkylation sites (N-methyl/N-ethyl adjacent to an activating group) is 1. The lowest BCUT2D eigenvalue weighted by molar-refractivity contribution is -0.290. The third-order valence-corrected chi connectivity index (χ3v) is 25.5. The number of hydroxylamine groups is 4. The van der Waals surface area contributed by atoms with E-state index >= 15 is 0 Å². The number of nitrogens with zero attached hydrogens (tertiary/aromatic N) is 2. The molecule has 10 fully saturated rings. The molecule has 10 aliphatic rings. The lowest BCUT2D eigenvalue weighted by atomic mass is 9.88. The molecule has 31 heteroatoms. The molecule has 0 bridgehead atoms. The SMILES string of the molecule is C.CC(=O)CCC1CCCC1.CC(=O)[C@@H](CO)CC1CCCC1.CC(C)COC(C)ON.CC(C)COC(C)ON1C[C@@H](CC2CCCC2)C1=O.CC(C)COC(C)ONC(=O)[C@@H](CO)CC1CCCC1.CC(C)COC(C)ONC[C@@H](CC1CCCC1)C(=O)O.CC[C@H]1COC(=O)N1.CC[C@H]1COC(=O)N1C.O=C(Cl)CCC1CCCC1.O=C(O)[C@@H](CO)CC1CCCC1. The van der Waals surface area contributed by atoms with Gasteiger partial charge in [-0.15, -0.1) is 0 Å². The molecule has 4 unspecified atom stereocenters. The van der Waals surface area contributed by atoms with Crippen molar-refractivity contribution in [3.63, 3.8) is 0 Å². The highest BCUT2D eigenvalue weighted by atomic mass is 35.5. The fourth-order valence-electron chi connectivity index (χ4n) is 17.1. The van der Waals surface area contributed by atoms with Crippen molar-refractivity contribution in [2.45, 2.75) is 406 Å². The summed E-state index contributed by atoms with van der Waals surface area (Å²) in [4.78, 5) is 121. The second kappa shape index (κ2) is 76.3. The van der Waals surface area contributed by atoms with E-state index in [2.05, 4.69) is 81.2 Å². The summed E-state index contributed by atoms with van der Waals surface area (Å²) in [6.07, 6.45) is 43.2. The van der Waals surface area contributed by atoms with Crippen LogP contribution in [0, 0.1) is 94.7 Å². The Morgan fingerprint density at radius 3 is 1.19 bits per heavy atom. The highest BCUT2D eigenvalue weighted by Crippen LogP contribution is 2.37. The molecular formula is C99H187ClN6O24. The van der Waals surface area contributed by atoms with Gasteiger partial charge in [0.25, 0.3) is 5.91 Å². The van der Waals surface area contributed by atoms with Crippen molar-refractivity contribution in [3.8, 4) is 0 Å². The van der Waals surface area contributed by atoms with Crippen LogP contribution >= 0.6 is 11.6 Å². The Hall–Kier alpha value is -4.80. The topological polar surface area (TPSA) is 416 Å². The van der Waals surface area contributed by atoms with Gasteiger partial charge in [-0.05, 0) is 176 Å². The molecule has 0 aromatic heterocycles. The summed E-state index contributed by atoms with van der Waals surface area (Å²) in [6.45, 7) is 35.5. The van der Waals surface area contributed by atoms with Gasteiger partial charge < -0.3 is 69.0 Å². The van der Waals surface area contributed by atoms with Gasteiger partial charge in [0.1, 0.15) is 24.8 Å². The quantitative estimate of drug-likeness (QED) is 0.0118. The zero-order valence-corrected chi connectivity index (χ0v) is 83.7. The maximum atomic E-state index is 12.0. The smallest absolute Gasteiger partial charge is 0.409 e. The van der Waals surface area contributed by atoms with Crippen LogP contribution in [0.15, 0.2) is 0 Å². The van der Waals surface area contributed by atoms with E-state index in [1.54, 1.807) is 39.6 Å². The molecule has 0 aromatic carbocycles. The van der Waals surface area contributed by atoms with Gasteiger partial charge in [0.05, 0.1) is 88.5 Å². The molecule has 0 spiro atoms. The summed E-state index contributed by atoms with van der Waals surface area (Å²) in [5.41, 5.74) is 5.17. The van der Waals surface area contributed by atoms with E-state index in [0.717, 1.165) is 94.9 Å². The maximum Gasteiger partial charge on any atom is 0.409 e. The monoisotopic (exact) mass is 1880 g/mol. The number of aliphatic hydroxyl groups excluding tert-OH is 3. The number of aliphatic carboxylic acids is 2. The molecule has 10 rings (SSSR count). The fraction of sp³-hybridized carbons (Fsp3) is 0.909. The van der Waals surface area contributed by atoms with Gasteiger partial charge in [0.2, 0.25) is 11.1 Å². The van der Waals surface area contributed by atoms with Gasteiger partial charge in [0.15, 0.2) is 25.2 Å². The standard InChI is InChI=1S/2C15H29NO4.C15H27NO3.C10H18O2.C9H16O3.C9H16O.C8H13ClO.C6H11NO2.C6H15NO2.C5H9NO2.CH4/c1-11(2)10-19-12(3)20-16-15(18)14(9-17)8-13-6-4-5-7-13;1-11(2)10-19-12(3)20-16-9-14(15(17)18)8-13-6-4-5-7-13;1-11(2)10-18-12(3)19-16-9-14(15(16)17)8-13-6-4-5-7-13;1-8(12)10(7-11)6-9-4-2-3-5-9;10-6-8(9(11)12)5-7-3-1-2-4-7;1-8(10)6-7-9-4-2-3-5-9;9-8(10)6-5-7-3-1-2-4-7;1-3-5-4-9-6(8)7(5)2;1-5(2)4-8-6(3)9-7;1-2-4-3-8-5(7)6-4;/h11-14,17H,4-10H2,1-3H3,(H,16,18);11-14,16H,4-10H2,1-3H3,(H,17,18);11-14H,4-10H2,1-3H3;9-11H,2-7H2,1H3;7-8,10H,1-6H2,(H,11,12);9H,2-7H2,1H3;7H,1-6H2;5H,3-4H2,1-2H3;5-6H,4,7H2,1-3H3;4H,2-3H2,1H3,(H,6,7);1H4/t3*12?,14-;10-;8-;;;5-;;4-;/m11111..0.0./s1. The highest BCUT2D eigenvalue weighted by Gasteiger charge is 2.41. The normalized spacial score (nSPS) is 21.2. The minimum Gasteiger partial charge on any atom is -0.481 e. The number of alkyl carbamates (subject to hydrolysis) is 1. The van der Waals surface area contributed by atoms with Crippen LogP contribution in [0.3, 0.4) is 0 Å². The third-order valence-electron chi connectivity index (χ3n) is 25.3. The van der Waals surface area contributed by atoms with Crippen molar-refractivity contribution in [2.75, 3.05) is 79.6 Å². The molecule has 4 amide bonds. The first-order valence-corrected chi connectivity index (χ1v) is 50.2.